The second-order valence-corrected chi connectivity index (χ2v) is 12.1. The molecule has 1 saturated carbocycles. The topological polar surface area (TPSA) is 128 Å². The van der Waals surface area contributed by atoms with Gasteiger partial charge in [-0.3, -0.25) is 0 Å². The van der Waals surface area contributed by atoms with Gasteiger partial charge in [-0.15, -0.1) is 0 Å². The molecule has 1 saturated heterocycles. The summed E-state index contributed by atoms with van der Waals surface area (Å²) < 4.78 is 24.4. The lowest BCUT2D eigenvalue weighted by Crippen LogP contribution is -2.52. The van der Waals surface area contributed by atoms with Crippen LogP contribution in [0.15, 0.2) is 42.7 Å². The fourth-order valence-electron chi connectivity index (χ4n) is 6.40. The highest BCUT2D eigenvalue weighted by Gasteiger charge is 2.34. The molecule has 1 unspecified atom stereocenters. The van der Waals surface area contributed by atoms with E-state index in [2.05, 4.69) is 31.5 Å². The van der Waals surface area contributed by atoms with Crippen LogP contribution in [0.5, 0.6) is 11.5 Å². The van der Waals surface area contributed by atoms with Crippen molar-refractivity contribution in [3.8, 4) is 11.5 Å². The molecule has 3 aliphatic rings. The maximum absolute atomic E-state index is 13.5. The molecule has 1 aliphatic carbocycles. The van der Waals surface area contributed by atoms with Gasteiger partial charge in [-0.1, -0.05) is 0 Å². The summed E-state index contributed by atoms with van der Waals surface area (Å²) in [5.74, 6) is 2.90. The Bertz CT molecular complexity index is 1740. The van der Waals surface area contributed by atoms with E-state index in [-0.39, 0.29) is 24.3 Å². The molecule has 2 N–H and O–H groups in total. The first-order valence-corrected chi connectivity index (χ1v) is 15.7. The number of carbonyl (C=O) groups excluding carboxylic acids is 1. The second-order valence-electron chi connectivity index (χ2n) is 12.1. The lowest BCUT2D eigenvalue weighted by molar-refractivity contribution is -0.0335. The zero-order valence-electron chi connectivity index (χ0n) is 26.7. The molecule has 13 heteroatoms. The summed E-state index contributed by atoms with van der Waals surface area (Å²) in [5, 5.41) is 6.65. The van der Waals surface area contributed by atoms with Crippen LogP contribution in [0.3, 0.4) is 0 Å². The SMILES string of the molecule is COc1ccc(CN(C)c2cc3nc4c2ncn4C(=O)NC2CC[C@H]2OCc2cc(cc(N4CCC(OC)CC4)n2)N3)c(OC)c1. The number of hydrogen-bond acceptors (Lipinski definition) is 11. The number of aromatic nitrogens is 4. The Morgan fingerprint density at radius 3 is 2.61 bits per heavy atom. The molecule has 5 heterocycles. The number of fused-ring (bicyclic) bond motifs is 4. The van der Waals surface area contributed by atoms with E-state index in [9.17, 15) is 4.79 Å². The number of methoxy groups -OCH3 is 3. The Kier molecular flexibility index (Phi) is 8.26. The average Bonchev–Trinajstić information content (AvgIpc) is 3.50. The summed E-state index contributed by atoms with van der Waals surface area (Å²) in [6.45, 7) is 2.58. The van der Waals surface area contributed by atoms with E-state index < -0.39 is 0 Å². The van der Waals surface area contributed by atoms with Crippen LogP contribution in [0.1, 0.15) is 36.9 Å². The fourth-order valence-corrected chi connectivity index (χ4v) is 6.40. The van der Waals surface area contributed by atoms with Crippen molar-refractivity contribution in [2.24, 2.45) is 0 Å². The Morgan fingerprint density at radius 1 is 1.02 bits per heavy atom. The van der Waals surface area contributed by atoms with Crippen LogP contribution in [0.4, 0.5) is 27.8 Å². The molecule has 46 heavy (non-hydrogen) atoms. The maximum atomic E-state index is 13.5. The molecule has 1 aromatic carbocycles. The van der Waals surface area contributed by atoms with Gasteiger partial charge in [-0.05, 0) is 43.9 Å². The lowest BCUT2D eigenvalue weighted by atomic mass is 9.89. The van der Waals surface area contributed by atoms with Gasteiger partial charge in [0.05, 0.1) is 50.5 Å². The van der Waals surface area contributed by atoms with Gasteiger partial charge in [0.1, 0.15) is 35.0 Å². The van der Waals surface area contributed by atoms with E-state index in [0.29, 0.717) is 30.1 Å². The lowest BCUT2D eigenvalue weighted by Gasteiger charge is -2.37. The fraction of sp³-hybridized carbons (Fsp3) is 0.455. The molecule has 4 aromatic rings. The van der Waals surface area contributed by atoms with Gasteiger partial charge in [0, 0.05) is 63.2 Å². The molecule has 2 aliphatic heterocycles. The maximum Gasteiger partial charge on any atom is 0.328 e. The number of pyridine rings is 2. The van der Waals surface area contributed by atoms with Crippen LogP contribution in [-0.2, 0) is 22.6 Å². The minimum absolute atomic E-state index is 0.0920. The van der Waals surface area contributed by atoms with E-state index in [4.69, 9.17) is 28.9 Å². The number of carbonyl (C=O) groups is 1. The quantitative estimate of drug-likeness (QED) is 0.301. The molecule has 1 amide bonds. The number of benzene rings is 1. The summed E-state index contributed by atoms with van der Waals surface area (Å²) in [4.78, 5) is 32.5. The second kappa shape index (κ2) is 12.6. The van der Waals surface area contributed by atoms with Gasteiger partial charge >= 0.3 is 6.03 Å². The number of imidazole rings is 1. The van der Waals surface area contributed by atoms with Crippen molar-refractivity contribution in [3.63, 3.8) is 0 Å². The Labute approximate surface area is 267 Å². The summed E-state index contributed by atoms with van der Waals surface area (Å²) >= 11 is 0. The molecule has 0 spiro atoms. The molecule has 0 radical (unpaired) electrons. The molecular weight excluding hydrogens is 588 g/mol. The predicted molar refractivity (Wildman–Crippen MR) is 174 cm³/mol. The van der Waals surface area contributed by atoms with E-state index >= 15 is 0 Å². The number of piperidine rings is 1. The number of anilines is 4. The molecule has 3 aromatic heterocycles. The van der Waals surface area contributed by atoms with Crippen molar-refractivity contribution in [2.45, 2.75) is 57.1 Å². The van der Waals surface area contributed by atoms with Crippen LogP contribution in [0.2, 0.25) is 0 Å². The average molecular weight is 629 g/mol. The van der Waals surface area contributed by atoms with Crippen molar-refractivity contribution in [2.75, 3.05) is 56.6 Å². The van der Waals surface area contributed by atoms with Gasteiger partial charge in [-0.2, -0.15) is 0 Å². The zero-order chi connectivity index (χ0) is 31.8. The zero-order valence-corrected chi connectivity index (χ0v) is 26.7. The molecule has 2 atom stereocenters. The van der Waals surface area contributed by atoms with Crippen molar-refractivity contribution < 1.29 is 23.7 Å². The molecule has 2 fully saturated rings. The minimum Gasteiger partial charge on any atom is -0.497 e. The van der Waals surface area contributed by atoms with E-state index in [1.165, 1.54) is 10.9 Å². The Balaban J connectivity index is 1.28. The van der Waals surface area contributed by atoms with E-state index in [0.717, 1.165) is 78.7 Å². The third-order valence-corrected chi connectivity index (χ3v) is 9.22. The molecule has 4 bridgehead atoms. The normalized spacial score (nSPS) is 19.9. The van der Waals surface area contributed by atoms with Gasteiger partial charge in [-0.25, -0.2) is 24.3 Å². The smallest absolute Gasteiger partial charge is 0.328 e. The summed E-state index contributed by atoms with van der Waals surface area (Å²) in [6.07, 6.45) is 5.32. The molecule has 13 nitrogen and oxygen atoms in total. The van der Waals surface area contributed by atoms with E-state index in [1.807, 2.05) is 37.4 Å². The highest BCUT2D eigenvalue weighted by Crippen LogP contribution is 2.34. The number of hydrogen-bond donors (Lipinski definition) is 2. The molecule has 242 valence electrons. The van der Waals surface area contributed by atoms with Crippen LogP contribution in [0.25, 0.3) is 11.2 Å². The van der Waals surface area contributed by atoms with Crippen LogP contribution in [0, 0.1) is 0 Å². The number of rotatable bonds is 7. The van der Waals surface area contributed by atoms with Crippen molar-refractivity contribution >= 4 is 40.2 Å². The van der Waals surface area contributed by atoms with Gasteiger partial charge in [0.25, 0.3) is 0 Å². The highest BCUT2D eigenvalue weighted by molar-refractivity contribution is 5.95. The minimum atomic E-state index is -0.286. The van der Waals surface area contributed by atoms with Crippen LogP contribution >= 0.6 is 0 Å². The first kappa shape index (κ1) is 30.1. The van der Waals surface area contributed by atoms with Crippen molar-refractivity contribution in [1.29, 1.82) is 0 Å². The molecular formula is C33H40N8O5. The van der Waals surface area contributed by atoms with Crippen LogP contribution in [-0.4, -0.2) is 85.3 Å². The Morgan fingerprint density at radius 2 is 1.87 bits per heavy atom. The number of amides is 1. The summed E-state index contributed by atoms with van der Waals surface area (Å²) in [7, 11) is 7.05. The first-order chi connectivity index (χ1) is 22.4. The monoisotopic (exact) mass is 628 g/mol. The van der Waals surface area contributed by atoms with Crippen molar-refractivity contribution in [1.82, 2.24) is 24.8 Å². The van der Waals surface area contributed by atoms with E-state index in [1.54, 1.807) is 21.3 Å². The third-order valence-electron chi connectivity index (χ3n) is 9.22. The standard InChI is InChI=1S/C33H40N8O5/c1-39(17-20-5-6-24(44-3)15-28(20)45-4)26-16-29-35-21-13-22(36-30(14-21)40-11-9-23(43-2)10-12-40)18-46-27-8-7-25(27)37-33(42)41-19-34-31(26)32(41)38-29/h5-6,13-16,19,23,25,27H,7-12,17-18H2,1-4H3,(H,35,38)(H,37,42)/t25?,27-/m1/s1. The predicted octanol–water partition coefficient (Wildman–Crippen LogP) is 4.46. The van der Waals surface area contributed by atoms with Gasteiger partial charge in [0.15, 0.2) is 5.65 Å². The number of nitrogens with one attached hydrogen (secondary N) is 2. The van der Waals surface area contributed by atoms with Crippen LogP contribution < -0.4 is 29.9 Å². The molecule has 7 rings (SSSR count). The summed E-state index contributed by atoms with van der Waals surface area (Å²) in [5.41, 5.74) is 4.51. The van der Waals surface area contributed by atoms with Gasteiger partial charge in [0.2, 0.25) is 0 Å². The largest absolute Gasteiger partial charge is 0.497 e. The first-order valence-electron chi connectivity index (χ1n) is 15.7. The van der Waals surface area contributed by atoms with Crippen molar-refractivity contribution in [3.05, 3.63) is 54.0 Å². The van der Waals surface area contributed by atoms with Gasteiger partial charge < -0.3 is 39.4 Å². The Hall–Kier alpha value is -4.62. The summed E-state index contributed by atoms with van der Waals surface area (Å²) in [6, 6.07) is 11.4. The third kappa shape index (κ3) is 5.87. The highest BCUT2D eigenvalue weighted by atomic mass is 16.5. The number of nitrogens with zero attached hydrogens (tertiary/aromatic N) is 6. The number of ether oxygens (including phenoxy) is 4.